The van der Waals surface area contributed by atoms with E-state index >= 15 is 0 Å². The van der Waals surface area contributed by atoms with Gasteiger partial charge in [-0.25, -0.2) is 0 Å². The molecule has 1 aromatic rings. The number of thioether (sulfide) groups is 2. The number of hydrogen-bond acceptors (Lipinski definition) is 4. The van der Waals surface area contributed by atoms with Gasteiger partial charge >= 0.3 is 0 Å². The molecule has 0 aliphatic heterocycles. The van der Waals surface area contributed by atoms with Crippen LogP contribution in [-0.4, -0.2) is 28.7 Å². The normalized spacial score (nSPS) is 10.5. The summed E-state index contributed by atoms with van der Waals surface area (Å²) >= 11 is 2.79. The molecule has 16 heavy (non-hydrogen) atoms. The molecule has 1 aromatic carbocycles. The zero-order chi connectivity index (χ0) is 12.1. The second kappa shape index (κ2) is 6.11. The minimum absolute atomic E-state index is 0.297. The molecule has 0 fully saturated rings. The predicted octanol–water partition coefficient (Wildman–Crippen LogP) is 2.80. The Morgan fingerprint density at radius 1 is 1.06 bits per heavy atom. The van der Waals surface area contributed by atoms with Crippen LogP contribution in [-0.2, 0) is 4.79 Å². The van der Waals surface area contributed by atoms with E-state index < -0.39 is 5.78 Å². The molecule has 0 saturated heterocycles. The van der Waals surface area contributed by atoms with Gasteiger partial charge in [-0.2, -0.15) is 0 Å². The summed E-state index contributed by atoms with van der Waals surface area (Å²) in [6.07, 6.45) is 3.67. The maximum atomic E-state index is 11.8. The van der Waals surface area contributed by atoms with Crippen molar-refractivity contribution >= 4 is 35.1 Å². The van der Waals surface area contributed by atoms with Gasteiger partial charge < -0.3 is 0 Å². The molecule has 0 N–H and O–H groups in total. The van der Waals surface area contributed by atoms with Crippen LogP contribution < -0.4 is 0 Å². The number of hydrogen-bond donors (Lipinski definition) is 0. The molecule has 2 nitrogen and oxygen atoms in total. The summed E-state index contributed by atoms with van der Waals surface area (Å²) in [4.78, 5) is 23.6. The van der Waals surface area contributed by atoms with Crippen molar-refractivity contribution in [1.29, 1.82) is 0 Å². The van der Waals surface area contributed by atoms with Gasteiger partial charge in [0.2, 0.25) is 11.6 Å². The number of benzene rings is 1. The molecule has 0 spiro atoms. The number of rotatable bonds is 5. The lowest BCUT2D eigenvalue weighted by atomic mass is 10.1. The van der Waals surface area contributed by atoms with Crippen LogP contribution >= 0.6 is 23.5 Å². The minimum atomic E-state index is -0.395. The van der Waals surface area contributed by atoms with Crippen LogP contribution in [0.4, 0.5) is 0 Å². The highest BCUT2D eigenvalue weighted by Crippen LogP contribution is 2.21. The molecular weight excluding hydrogens is 240 g/mol. The van der Waals surface area contributed by atoms with Gasteiger partial charge in [-0.1, -0.05) is 29.8 Å². The third-order valence-corrected chi connectivity index (χ3v) is 4.62. The molecule has 0 radical (unpaired) electrons. The fourth-order valence-electron chi connectivity index (χ4n) is 1.26. The molecule has 0 saturated carbocycles. The van der Waals surface area contributed by atoms with E-state index in [2.05, 4.69) is 0 Å². The lowest BCUT2D eigenvalue weighted by Gasteiger charge is -2.08. The number of carbonyl (C=O) groups is 2. The van der Waals surface area contributed by atoms with E-state index in [1.165, 1.54) is 23.5 Å². The number of Topliss-reactive ketones (excluding diaryl/α,β-unsaturated/α-hetero) is 2. The van der Waals surface area contributed by atoms with Gasteiger partial charge in [-0.05, 0) is 19.4 Å². The lowest BCUT2D eigenvalue weighted by Crippen LogP contribution is -2.23. The third kappa shape index (κ3) is 3.12. The fraction of sp³-hybridized carbons (Fsp3) is 0.333. The molecule has 4 heteroatoms. The largest absolute Gasteiger partial charge is 0.288 e. The van der Waals surface area contributed by atoms with Gasteiger partial charge in [-0.3, -0.25) is 9.59 Å². The van der Waals surface area contributed by atoms with Gasteiger partial charge in [0.1, 0.15) is 4.58 Å². The van der Waals surface area contributed by atoms with Crippen molar-refractivity contribution in [1.82, 2.24) is 0 Å². The predicted molar refractivity (Wildman–Crippen MR) is 71.3 cm³/mol. The van der Waals surface area contributed by atoms with E-state index in [0.717, 1.165) is 5.56 Å². The average molecular weight is 254 g/mol. The highest BCUT2D eigenvalue weighted by atomic mass is 32.2. The molecule has 0 aromatic heterocycles. The van der Waals surface area contributed by atoms with E-state index in [9.17, 15) is 9.59 Å². The molecule has 0 amide bonds. The van der Waals surface area contributed by atoms with Crippen LogP contribution in [0.2, 0.25) is 0 Å². The molecule has 1 rings (SSSR count). The second-order valence-corrected chi connectivity index (χ2v) is 5.55. The van der Waals surface area contributed by atoms with Crippen molar-refractivity contribution in [2.75, 3.05) is 12.5 Å². The van der Waals surface area contributed by atoms with Gasteiger partial charge in [-0.15, -0.1) is 23.5 Å². The van der Waals surface area contributed by atoms with Crippen LogP contribution in [0.1, 0.15) is 15.9 Å². The standard InChI is InChI=1S/C12H14O2S2/c1-8-4-6-9(7-5-8)10(13)11(14)12(15-2)16-3/h4-7,12H,1-3H3. The van der Waals surface area contributed by atoms with Crippen LogP contribution in [0.3, 0.4) is 0 Å². The monoisotopic (exact) mass is 254 g/mol. The Bertz CT molecular complexity index is 381. The molecule has 0 atom stereocenters. The summed E-state index contributed by atoms with van der Waals surface area (Å²) in [5.41, 5.74) is 1.55. The Hall–Kier alpha value is -0.740. The Labute approximate surface area is 104 Å². The first kappa shape index (κ1) is 13.3. The van der Waals surface area contributed by atoms with Gasteiger partial charge in [0.15, 0.2) is 0 Å². The molecule has 86 valence electrons. The fourth-order valence-corrected chi connectivity index (χ4v) is 2.68. The topological polar surface area (TPSA) is 34.1 Å². The number of ketones is 2. The van der Waals surface area contributed by atoms with E-state index in [0.29, 0.717) is 5.56 Å². The first-order valence-electron chi connectivity index (χ1n) is 4.81. The Morgan fingerprint density at radius 3 is 2.00 bits per heavy atom. The molecule has 0 aliphatic rings. The first-order chi connectivity index (χ1) is 7.60. The number of carbonyl (C=O) groups excluding carboxylic acids is 2. The van der Waals surface area contributed by atoms with Gasteiger partial charge in [0, 0.05) is 5.56 Å². The third-order valence-electron chi connectivity index (χ3n) is 2.18. The van der Waals surface area contributed by atoms with Crippen LogP contribution in [0, 0.1) is 6.92 Å². The zero-order valence-corrected chi connectivity index (χ0v) is 11.2. The highest BCUT2D eigenvalue weighted by molar-refractivity contribution is 8.17. The van der Waals surface area contributed by atoms with Gasteiger partial charge in [0.25, 0.3) is 0 Å². The van der Waals surface area contributed by atoms with E-state index in [1.807, 2.05) is 31.6 Å². The Morgan fingerprint density at radius 2 is 1.56 bits per heavy atom. The van der Waals surface area contributed by atoms with Crippen molar-refractivity contribution in [2.45, 2.75) is 11.5 Å². The van der Waals surface area contributed by atoms with Crippen LogP contribution in [0.15, 0.2) is 24.3 Å². The van der Waals surface area contributed by atoms with Crippen molar-refractivity contribution in [2.24, 2.45) is 0 Å². The summed E-state index contributed by atoms with van der Waals surface area (Å²) in [6.45, 7) is 1.95. The average Bonchev–Trinajstić information content (AvgIpc) is 2.30. The number of aryl methyl sites for hydroxylation is 1. The summed E-state index contributed by atoms with van der Waals surface area (Å²) in [5, 5.41) is 0. The molecule has 0 aliphatic carbocycles. The van der Waals surface area contributed by atoms with Crippen LogP contribution in [0.5, 0.6) is 0 Å². The molecular formula is C12H14O2S2. The van der Waals surface area contributed by atoms with Crippen LogP contribution in [0.25, 0.3) is 0 Å². The van der Waals surface area contributed by atoms with E-state index in [-0.39, 0.29) is 10.4 Å². The zero-order valence-electron chi connectivity index (χ0n) is 9.52. The summed E-state index contributed by atoms with van der Waals surface area (Å²) in [7, 11) is 0. The maximum absolute atomic E-state index is 11.8. The summed E-state index contributed by atoms with van der Waals surface area (Å²) in [6, 6.07) is 7.09. The van der Waals surface area contributed by atoms with E-state index in [4.69, 9.17) is 0 Å². The summed E-state index contributed by atoms with van der Waals surface area (Å²) < 4.78 is -0.297. The SMILES string of the molecule is CSC(SC)C(=O)C(=O)c1ccc(C)cc1. The highest BCUT2D eigenvalue weighted by Gasteiger charge is 2.24. The molecule has 0 heterocycles. The summed E-state index contributed by atoms with van der Waals surface area (Å²) in [5.74, 6) is -0.724. The second-order valence-electron chi connectivity index (χ2n) is 3.36. The van der Waals surface area contributed by atoms with Gasteiger partial charge in [0.05, 0.1) is 0 Å². The molecule has 0 bridgehead atoms. The maximum Gasteiger partial charge on any atom is 0.230 e. The van der Waals surface area contributed by atoms with Crippen molar-refractivity contribution in [3.8, 4) is 0 Å². The van der Waals surface area contributed by atoms with Crippen molar-refractivity contribution in [3.05, 3.63) is 35.4 Å². The Balaban J connectivity index is 2.85. The molecule has 0 unspecified atom stereocenters. The van der Waals surface area contributed by atoms with Crippen molar-refractivity contribution < 1.29 is 9.59 Å². The smallest absolute Gasteiger partial charge is 0.230 e. The minimum Gasteiger partial charge on any atom is -0.288 e. The van der Waals surface area contributed by atoms with E-state index in [1.54, 1.807) is 12.1 Å². The first-order valence-corrected chi connectivity index (χ1v) is 7.38. The lowest BCUT2D eigenvalue weighted by molar-refractivity contribution is -0.113. The van der Waals surface area contributed by atoms with Crippen molar-refractivity contribution in [3.63, 3.8) is 0 Å². The Kier molecular flexibility index (Phi) is 5.09. The quantitative estimate of drug-likeness (QED) is 0.460.